The molecular weight excluding hydrogens is 378 g/mol. The van der Waals surface area contributed by atoms with Crippen LogP contribution in [-0.4, -0.2) is 64.9 Å². The Kier molecular flexibility index (Phi) is 6.21. The molecule has 0 bridgehead atoms. The molecule has 0 unspecified atom stereocenters. The number of rotatable bonds is 6. The number of ether oxygens (including phenoxy) is 1. The van der Waals surface area contributed by atoms with Gasteiger partial charge in [-0.15, -0.1) is 0 Å². The molecule has 2 aromatic carbocycles. The largest absolute Gasteiger partial charge is 0.493 e. The third-order valence-electron chi connectivity index (χ3n) is 4.55. The smallest absolute Gasteiger partial charge is 0.339 e. The average Bonchev–Trinajstić information content (AvgIpc) is 2.68. The summed E-state index contributed by atoms with van der Waals surface area (Å²) >= 11 is 0. The maximum absolute atomic E-state index is 12.5. The van der Waals surface area contributed by atoms with Crippen LogP contribution in [0.15, 0.2) is 52.5 Å². The predicted octanol–water partition coefficient (Wildman–Crippen LogP) is 2.35. The van der Waals surface area contributed by atoms with E-state index >= 15 is 0 Å². The summed E-state index contributed by atoms with van der Waals surface area (Å²) in [5.74, 6) is 0.470. The molecule has 1 saturated heterocycles. The summed E-state index contributed by atoms with van der Waals surface area (Å²) < 4.78 is 35.6. The van der Waals surface area contributed by atoms with Gasteiger partial charge in [-0.3, -0.25) is 5.01 Å². The zero-order chi connectivity index (χ0) is 20.1. The van der Waals surface area contributed by atoms with E-state index in [-0.39, 0.29) is 10.6 Å². The van der Waals surface area contributed by atoms with E-state index in [1.165, 1.54) is 19.2 Å². The van der Waals surface area contributed by atoms with Gasteiger partial charge >= 0.3 is 10.1 Å². The summed E-state index contributed by atoms with van der Waals surface area (Å²) in [5, 5.41) is 6.50. The highest BCUT2D eigenvalue weighted by Gasteiger charge is 2.19. The fraction of sp³-hybridized carbons (Fsp3) is 0.350. The molecule has 1 aliphatic heterocycles. The minimum Gasteiger partial charge on any atom is -0.493 e. The lowest BCUT2D eigenvalue weighted by molar-refractivity contribution is 0.159. The van der Waals surface area contributed by atoms with Gasteiger partial charge in [-0.2, -0.15) is 13.5 Å². The highest BCUT2D eigenvalue weighted by molar-refractivity contribution is 7.87. The molecule has 0 spiro atoms. The molecule has 0 saturated carbocycles. The quantitative estimate of drug-likeness (QED) is 0.545. The molecule has 150 valence electrons. The zero-order valence-corrected chi connectivity index (χ0v) is 17.1. The molecule has 0 aliphatic carbocycles. The first-order chi connectivity index (χ1) is 13.4. The van der Waals surface area contributed by atoms with Crippen molar-refractivity contribution in [3.8, 4) is 11.5 Å². The normalized spacial score (nSPS) is 15.8. The standard InChI is InChI=1S/C20H25N3O4S/c1-16-4-7-18(8-5-16)28(24,25)27-19-9-6-17(14-20(19)26-3)15-21-23-12-10-22(2)11-13-23/h4-9,14-15H,10-13H2,1-3H3. The lowest BCUT2D eigenvalue weighted by Gasteiger charge is -2.30. The fourth-order valence-corrected chi connectivity index (χ4v) is 3.70. The molecule has 3 rings (SSSR count). The molecule has 0 radical (unpaired) electrons. The number of methoxy groups -OCH3 is 1. The van der Waals surface area contributed by atoms with Gasteiger partial charge in [0.15, 0.2) is 11.5 Å². The number of aryl methyl sites for hydroxylation is 1. The van der Waals surface area contributed by atoms with Gasteiger partial charge in [-0.25, -0.2) is 0 Å². The summed E-state index contributed by atoms with van der Waals surface area (Å²) in [5.41, 5.74) is 1.77. The van der Waals surface area contributed by atoms with Crippen molar-refractivity contribution in [1.29, 1.82) is 0 Å². The van der Waals surface area contributed by atoms with Gasteiger partial charge < -0.3 is 13.8 Å². The zero-order valence-electron chi connectivity index (χ0n) is 16.3. The number of benzene rings is 2. The van der Waals surface area contributed by atoms with Crippen LogP contribution in [0.1, 0.15) is 11.1 Å². The minimum atomic E-state index is -3.94. The molecular formula is C20H25N3O4S. The number of likely N-dealkylation sites (N-methyl/N-ethyl adjacent to an activating group) is 1. The number of hydrazone groups is 1. The number of nitrogens with zero attached hydrogens (tertiary/aromatic N) is 3. The van der Waals surface area contributed by atoms with Crippen LogP contribution in [0.25, 0.3) is 0 Å². The van der Waals surface area contributed by atoms with Crippen LogP contribution in [0.2, 0.25) is 0 Å². The van der Waals surface area contributed by atoms with Crippen LogP contribution in [0.4, 0.5) is 0 Å². The van der Waals surface area contributed by atoms with Crippen LogP contribution in [-0.2, 0) is 10.1 Å². The monoisotopic (exact) mass is 403 g/mol. The molecule has 8 heteroatoms. The van der Waals surface area contributed by atoms with Gasteiger partial charge in [0.05, 0.1) is 13.3 Å². The molecule has 28 heavy (non-hydrogen) atoms. The molecule has 1 heterocycles. The second kappa shape index (κ2) is 8.62. The first-order valence-electron chi connectivity index (χ1n) is 9.04. The van der Waals surface area contributed by atoms with E-state index in [0.717, 1.165) is 37.3 Å². The third kappa shape index (κ3) is 5.02. The van der Waals surface area contributed by atoms with E-state index in [4.69, 9.17) is 8.92 Å². The van der Waals surface area contributed by atoms with Crippen molar-refractivity contribution in [3.05, 3.63) is 53.6 Å². The van der Waals surface area contributed by atoms with Gasteiger partial charge in [0.1, 0.15) is 4.90 Å². The van der Waals surface area contributed by atoms with Crippen molar-refractivity contribution in [3.63, 3.8) is 0 Å². The lowest BCUT2D eigenvalue weighted by atomic mass is 10.2. The van der Waals surface area contributed by atoms with Crippen molar-refractivity contribution >= 4 is 16.3 Å². The molecule has 7 nitrogen and oxygen atoms in total. The Hall–Kier alpha value is -2.58. The molecule has 0 amide bonds. The topological polar surface area (TPSA) is 71.4 Å². The summed E-state index contributed by atoms with van der Waals surface area (Å²) in [6.45, 7) is 5.59. The van der Waals surface area contributed by atoms with Crippen LogP contribution < -0.4 is 8.92 Å². The van der Waals surface area contributed by atoms with Gasteiger partial charge in [0, 0.05) is 26.2 Å². The van der Waals surface area contributed by atoms with Gasteiger partial charge in [-0.1, -0.05) is 17.7 Å². The fourth-order valence-electron chi connectivity index (χ4n) is 2.76. The van der Waals surface area contributed by atoms with E-state index in [1.807, 2.05) is 11.9 Å². The molecule has 1 fully saturated rings. The van der Waals surface area contributed by atoms with Crippen LogP contribution in [0.5, 0.6) is 11.5 Å². The van der Waals surface area contributed by atoms with Crippen molar-refractivity contribution in [2.45, 2.75) is 11.8 Å². The van der Waals surface area contributed by atoms with E-state index in [0.29, 0.717) is 5.75 Å². The van der Waals surface area contributed by atoms with Crippen LogP contribution in [0, 0.1) is 6.92 Å². The van der Waals surface area contributed by atoms with E-state index in [1.54, 1.807) is 36.5 Å². The van der Waals surface area contributed by atoms with Crippen molar-refractivity contribution in [1.82, 2.24) is 9.91 Å². The molecule has 1 aliphatic rings. The Morgan fingerprint density at radius 2 is 1.68 bits per heavy atom. The highest BCUT2D eigenvalue weighted by atomic mass is 32.2. The van der Waals surface area contributed by atoms with Crippen molar-refractivity contribution in [2.75, 3.05) is 40.3 Å². The second-order valence-electron chi connectivity index (χ2n) is 6.76. The lowest BCUT2D eigenvalue weighted by Crippen LogP contribution is -2.41. The first kappa shape index (κ1) is 20.2. The van der Waals surface area contributed by atoms with Crippen LogP contribution in [0.3, 0.4) is 0 Å². The molecule has 0 N–H and O–H groups in total. The Balaban J connectivity index is 1.75. The average molecular weight is 404 g/mol. The maximum Gasteiger partial charge on any atom is 0.339 e. The summed E-state index contributed by atoms with van der Waals surface area (Å²) in [6.07, 6.45) is 1.74. The number of piperazine rings is 1. The molecule has 0 atom stereocenters. The Labute approximate surface area is 166 Å². The first-order valence-corrected chi connectivity index (χ1v) is 10.4. The van der Waals surface area contributed by atoms with Gasteiger partial charge in [0.25, 0.3) is 0 Å². The minimum absolute atomic E-state index is 0.0980. The van der Waals surface area contributed by atoms with E-state index in [9.17, 15) is 8.42 Å². The van der Waals surface area contributed by atoms with E-state index in [2.05, 4.69) is 17.0 Å². The number of hydrogen-bond acceptors (Lipinski definition) is 7. The predicted molar refractivity (Wildman–Crippen MR) is 109 cm³/mol. The second-order valence-corrected chi connectivity index (χ2v) is 8.31. The van der Waals surface area contributed by atoms with Crippen molar-refractivity contribution < 1.29 is 17.3 Å². The molecule has 2 aromatic rings. The van der Waals surface area contributed by atoms with E-state index < -0.39 is 10.1 Å². The summed E-state index contributed by atoms with van der Waals surface area (Å²) in [4.78, 5) is 2.36. The van der Waals surface area contributed by atoms with Gasteiger partial charge in [-0.05, 0) is 49.9 Å². The number of hydrogen-bond donors (Lipinski definition) is 0. The SMILES string of the molecule is COc1cc(C=NN2CCN(C)CC2)ccc1OS(=O)(=O)c1ccc(C)cc1. The summed E-state index contributed by atoms with van der Waals surface area (Å²) in [6, 6.07) is 11.5. The van der Waals surface area contributed by atoms with Gasteiger partial charge in [0.2, 0.25) is 0 Å². The molecule has 0 aromatic heterocycles. The Morgan fingerprint density at radius 3 is 2.32 bits per heavy atom. The Bertz CT molecular complexity index is 934. The summed E-state index contributed by atoms with van der Waals surface area (Å²) in [7, 11) is -0.370. The Morgan fingerprint density at radius 1 is 1.00 bits per heavy atom. The highest BCUT2D eigenvalue weighted by Crippen LogP contribution is 2.30. The maximum atomic E-state index is 12.5. The third-order valence-corrected chi connectivity index (χ3v) is 5.80. The van der Waals surface area contributed by atoms with Crippen LogP contribution >= 0.6 is 0 Å². The van der Waals surface area contributed by atoms with Crippen molar-refractivity contribution in [2.24, 2.45) is 5.10 Å².